The first-order valence-electron chi connectivity index (χ1n) is 6.37. The molecule has 0 unspecified atom stereocenters. The first-order chi connectivity index (χ1) is 9.83. The molecule has 1 aromatic carbocycles. The Morgan fingerprint density at radius 3 is 2.85 bits per heavy atom. The Balaban J connectivity index is 1.71. The molecule has 0 saturated heterocycles. The monoisotopic (exact) mass is 268 g/mol. The first-order valence-corrected chi connectivity index (χ1v) is 6.37. The van der Waals surface area contributed by atoms with Gasteiger partial charge in [0.15, 0.2) is 0 Å². The molecule has 0 fully saturated rings. The van der Waals surface area contributed by atoms with Crippen LogP contribution < -0.4 is 5.32 Å². The van der Waals surface area contributed by atoms with Gasteiger partial charge in [-0.05, 0) is 18.1 Å². The fourth-order valence-electron chi connectivity index (χ4n) is 2.12. The standard InChI is InChI=1S/C15H13FN4/c16-13-9-14(20-10-19-13)17-8-6-12-4-1-3-11-5-2-7-18-15(11)12/h1-5,7,9-10H,6,8H2,(H,17,19,20). The summed E-state index contributed by atoms with van der Waals surface area (Å²) >= 11 is 0. The van der Waals surface area contributed by atoms with Crippen LogP contribution in [0.25, 0.3) is 10.9 Å². The van der Waals surface area contributed by atoms with Crippen molar-refractivity contribution in [3.63, 3.8) is 0 Å². The summed E-state index contributed by atoms with van der Waals surface area (Å²) in [7, 11) is 0. The van der Waals surface area contributed by atoms with E-state index < -0.39 is 5.95 Å². The Hall–Kier alpha value is -2.56. The maximum absolute atomic E-state index is 12.9. The van der Waals surface area contributed by atoms with E-state index in [0.29, 0.717) is 12.4 Å². The molecule has 4 nitrogen and oxygen atoms in total. The van der Waals surface area contributed by atoms with Gasteiger partial charge < -0.3 is 5.32 Å². The zero-order valence-corrected chi connectivity index (χ0v) is 10.8. The molecule has 0 bridgehead atoms. The van der Waals surface area contributed by atoms with Crippen molar-refractivity contribution in [2.45, 2.75) is 6.42 Å². The second-order valence-corrected chi connectivity index (χ2v) is 4.40. The number of nitrogens with zero attached hydrogens (tertiary/aromatic N) is 3. The zero-order chi connectivity index (χ0) is 13.8. The molecule has 0 aliphatic rings. The lowest BCUT2D eigenvalue weighted by atomic mass is 10.1. The molecule has 0 aliphatic heterocycles. The molecule has 0 radical (unpaired) electrons. The molecule has 2 heterocycles. The summed E-state index contributed by atoms with van der Waals surface area (Å²) in [5, 5.41) is 4.20. The summed E-state index contributed by atoms with van der Waals surface area (Å²) in [5.74, 6) is -0.0416. The van der Waals surface area contributed by atoms with Gasteiger partial charge in [0, 0.05) is 24.2 Å². The lowest BCUT2D eigenvalue weighted by Crippen LogP contribution is -2.07. The van der Waals surface area contributed by atoms with E-state index in [2.05, 4.69) is 26.3 Å². The van der Waals surface area contributed by atoms with Gasteiger partial charge in [-0.1, -0.05) is 24.3 Å². The number of benzene rings is 1. The zero-order valence-electron chi connectivity index (χ0n) is 10.8. The predicted molar refractivity (Wildman–Crippen MR) is 75.9 cm³/mol. The van der Waals surface area contributed by atoms with Crippen molar-refractivity contribution in [1.29, 1.82) is 0 Å². The van der Waals surface area contributed by atoms with Gasteiger partial charge in [-0.15, -0.1) is 0 Å². The van der Waals surface area contributed by atoms with Crippen molar-refractivity contribution < 1.29 is 4.39 Å². The van der Waals surface area contributed by atoms with Gasteiger partial charge in [-0.3, -0.25) is 4.98 Å². The third-order valence-electron chi connectivity index (χ3n) is 3.05. The highest BCUT2D eigenvalue weighted by atomic mass is 19.1. The van der Waals surface area contributed by atoms with E-state index in [0.717, 1.165) is 22.9 Å². The number of halogens is 1. The quantitative estimate of drug-likeness (QED) is 0.739. The molecule has 5 heteroatoms. The van der Waals surface area contributed by atoms with Crippen molar-refractivity contribution in [2.75, 3.05) is 11.9 Å². The normalized spacial score (nSPS) is 10.7. The second-order valence-electron chi connectivity index (χ2n) is 4.40. The molecule has 1 N–H and O–H groups in total. The summed E-state index contributed by atoms with van der Waals surface area (Å²) < 4.78 is 12.9. The van der Waals surface area contributed by atoms with E-state index in [9.17, 15) is 4.39 Å². The van der Waals surface area contributed by atoms with Crippen LogP contribution in [-0.4, -0.2) is 21.5 Å². The molecule has 100 valence electrons. The number of nitrogens with one attached hydrogen (secondary N) is 1. The Labute approximate surface area is 115 Å². The fourth-order valence-corrected chi connectivity index (χ4v) is 2.12. The highest BCUT2D eigenvalue weighted by molar-refractivity contribution is 5.81. The molecule has 0 saturated carbocycles. The van der Waals surface area contributed by atoms with E-state index in [1.54, 1.807) is 6.20 Å². The van der Waals surface area contributed by atoms with Crippen LogP contribution in [0.2, 0.25) is 0 Å². The second kappa shape index (κ2) is 5.61. The molecular weight excluding hydrogens is 255 g/mol. The van der Waals surface area contributed by atoms with Gasteiger partial charge in [-0.25, -0.2) is 9.97 Å². The molecule has 3 aromatic rings. The lowest BCUT2D eigenvalue weighted by molar-refractivity contribution is 0.580. The van der Waals surface area contributed by atoms with Gasteiger partial charge in [-0.2, -0.15) is 4.39 Å². The number of rotatable bonds is 4. The number of hydrogen-bond acceptors (Lipinski definition) is 4. The minimum absolute atomic E-state index is 0.491. The van der Waals surface area contributed by atoms with E-state index in [-0.39, 0.29) is 0 Å². The minimum atomic E-state index is -0.533. The lowest BCUT2D eigenvalue weighted by Gasteiger charge is -2.07. The molecule has 0 amide bonds. The Morgan fingerprint density at radius 2 is 1.95 bits per heavy atom. The van der Waals surface area contributed by atoms with Crippen LogP contribution in [0.3, 0.4) is 0 Å². The molecule has 3 rings (SSSR count). The van der Waals surface area contributed by atoms with Crippen LogP contribution in [0.15, 0.2) is 48.9 Å². The number of para-hydroxylation sites is 1. The van der Waals surface area contributed by atoms with E-state index in [4.69, 9.17) is 0 Å². The molecular formula is C15H13FN4. The van der Waals surface area contributed by atoms with Crippen LogP contribution in [0.5, 0.6) is 0 Å². The van der Waals surface area contributed by atoms with Crippen molar-refractivity contribution >= 4 is 16.7 Å². The van der Waals surface area contributed by atoms with Crippen LogP contribution in [0, 0.1) is 5.95 Å². The average molecular weight is 268 g/mol. The van der Waals surface area contributed by atoms with Gasteiger partial charge in [0.25, 0.3) is 0 Å². The number of hydrogen-bond donors (Lipinski definition) is 1. The van der Waals surface area contributed by atoms with Gasteiger partial charge in [0.05, 0.1) is 5.52 Å². The van der Waals surface area contributed by atoms with E-state index in [1.165, 1.54) is 12.4 Å². The SMILES string of the molecule is Fc1cc(NCCc2cccc3cccnc23)ncn1. The van der Waals surface area contributed by atoms with E-state index >= 15 is 0 Å². The number of pyridine rings is 1. The largest absolute Gasteiger partial charge is 0.370 e. The van der Waals surface area contributed by atoms with Crippen molar-refractivity contribution in [3.8, 4) is 0 Å². The van der Waals surface area contributed by atoms with Gasteiger partial charge in [0.2, 0.25) is 5.95 Å². The van der Waals surface area contributed by atoms with Gasteiger partial charge >= 0.3 is 0 Å². The summed E-state index contributed by atoms with van der Waals surface area (Å²) in [6, 6.07) is 11.4. The third kappa shape index (κ3) is 2.71. The highest BCUT2D eigenvalue weighted by Crippen LogP contribution is 2.16. The van der Waals surface area contributed by atoms with Crippen LogP contribution in [0.4, 0.5) is 10.2 Å². The predicted octanol–water partition coefficient (Wildman–Crippen LogP) is 2.82. The Morgan fingerprint density at radius 1 is 1.05 bits per heavy atom. The Kier molecular flexibility index (Phi) is 3.50. The average Bonchev–Trinajstić information content (AvgIpc) is 2.48. The molecule has 20 heavy (non-hydrogen) atoms. The first kappa shape index (κ1) is 12.5. The van der Waals surface area contributed by atoms with Crippen molar-refractivity contribution in [2.24, 2.45) is 0 Å². The van der Waals surface area contributed by atoms with E-state index in [1.807, 2.05) is 24.3 Å². The van der Waals surface area contributed by atoms with Crippen LogP contribution in [0.1, 0.15) is 5.56 Å². The smallest absolute Gasteiger partial charge is 0.217 e. The maximum Gasteiger partial charge on any atom is 0.217 e. The van der Waals surface area contributed by atoms with Crippen molar-refractivity contribution in [1.82, 2.24) is 15.0 Å². The molecule has 0 spiro atoms. The molecule has 0 aliphatic carbocycles. The van der Waals surface area contributed by atoms with Crippen LogP contribution >= 0.6 is 0 Å². The van der Waals surface area contributed by atoms with Crippen LogP contribution in [-0.2, 0) is 6.42 Å². The van der Waals surface area contributed by atoms with Gasteiger partial charge in [0.1, 0.15) is 12.1 Å². The number of aromatic nitrogens is 3. The summed E-state index contributed by atoms with van der Waals surface area (Å²) in [4.78, 5) is 11.8. The Bertz CT molecular complexity index is 724. The topological polar surface area (TPSA) is 50.7 Å². The summed E-state index contributed by atoms with van der Waals surface area (Å²) in [5.41, 5.74) is 2.16. The summed E-state index contributed by atoms with van der Waals surface area (Å²) in [6.07, 6.45) is 3.79. The molecule has 0 atom stereocenters. The highest BCUT2D eigenvalue weighted by Gasteiger charge is 2.02. The number of fused-ring (bicyclic) bond motifs is 1. The third-order valence-corrected chi connectivity index (χ3v) is 3.05. The van der Waals surface area contributed by atoms with Crippen molar-refractivity contribution in [3.05, 3.63) is 60.4 Å². The number of anilines is 1. The minimum Gasteiger partial charge on any atom is -0.370 e. The maximum atomic E-state index is 12.9. The summed E-state index contributed by atoms with van der Waals surface area (Å²) in [6.45, 7) is 0.659. The fraction of sp³-hybridized carbons (Fsp3) is 0.133. The molecule has 2 aromatic heterocycles.